The summed E-state index contributed by atoms with van der Waals surface area (Å²) in [6, 6.07) is 9.63. The normalized spacial score (nSPS) is 17.4. The Bertz CT molecular complexity index is 1070. The molecule has 4 rings (SSSR count). The molecule has 0 saturated carbocycles. The number of benzene rings is 1. The monoisotopic (exact) mass is 483 g/mol. The number of rotatable bonds is 10. The highest BCUT2D eigenvalue weighted by atomic mass is 35.5. The molecule has 3 aromatic rings. The van der Waals surface area contributed by atoms with Gasteiger partial charge in [0.2, 0.25) is 0 Å². The van der Waals surface area contributed by atoms with Crippen molar-refractivity contribution in [3.05, 3.63) is 65.1 Å². The van der Waals surface area contributed by atoms with Crippen LogP contribution in [0.4, 0.5) is 0 Å². The second-order valence-corrected chi connectivity index (χ2v) is 9.75. The van der Waals surface area contributed by atoms with Crippen molar-refractivity contribution in [1.29, 1.82) is 0 Å². The average Bonchev–Trinajstić information content (AvgIpc) is 2.88. The first-order valence-corrected chi connectivity index (χ1v) is 12.5. The third kappa shape index (κ3) is 5.69. The number of aliphatic hydroxyl groups is 2. The molecule has 3 N–H and O–H groups in total. The second-order valence-electron chi connectivity index (χ2n) is 9.34. The van der Waals surface area contributed by atoms with Crippen LogP contribution in [-0.2, 0) is 6.42 Å². The van der Waals surface area contributed by atoms with E-state index in [4.69, 9.17) is 16.3 Å². The van der Waals surface area contributed by atoms with Gasteiger partial charge in [0.1, 0.15) is 5.75 Å². The number of methoxy groups -OCH3 is 1. The molecule has 2 aromatic heterocycles. The molecular weight excluding hydrogens is 450 g/mol. The first-order chi connectivity index (χ1) is 16.5. The number of nitrogens with one attached hydrogen (secondary N) is 1. The zero-order valence-corrected chi connectivity index (χ0v) is 20.5. The molecule has 0 unspecified atom stereocenters. The maximum Gasteiger partial charge on any atom is 0.119 e. The van der Waals surface area contributed by atoms with Crippen LogP contribution in [0.15, 0.2) is 48.9 Å². The van der Waals surface area contributed by atoms with Crippen molar-refractivity contribution in [3.63, 3.8) is 0 Å². The fraction of sp³-hybridized carbons (Fsp3) is 0.481. The Labute approximate surface area is 206 Å². The van der Waals surface area contributed by atoms with Gasteiger partial charge in [-0.05, 0) is 93.3 Å². The molecule has 1 aliphatic heterocycles. The quantitative estimate of drug-likeness (QED) is 0.381. The molecular formula is C27H34ClN3O3. The molecule has 0 bridgehead atoms. The van der Waals surface area contributed by atoms with Crippen molar-refractivity contribution >= 4 is 22.5 Å². The number of ether oxygens (including phenoxy) is 1. The van der Waals surface area contributed by atoms with Crippen LogP contribution in [-0.4, -0.2) is 46.5 Å². The number of aromatic nitrogens is 2. The standard InChI is InChI=1S/C27H34ClN3O3/c1-34-20-7-8-23-21(16-20)26(22(28)18-31-23)24(32)9-10-27(11-14-29-15-12-27)25(33)6-2-4-19-5-3-13-30-17-19/h3,5,7-8,13,16-18,24-25,29,32-33H,2,4,6,9-12,14-15H2,1H3/t24-,25+/m1/s1. The van der Waals surface area contributed by atoms with E-state index < -0.39 is 12.2 Å². The lowest BCUT2D eigenvalue weighted by molar-refractivity contribution is -0.0209. The number of aryl methyl sites for hydroxylation is 1. The lowest BCUT2D eigenvalue weighted by Crippen LogP contribution is -2.44. The molecule has 2 atom stereocenters. The molecule has 1 aromatic carbocycles. The highest BCUT2D eigenvalue weighted by Crippen LogP contribution is 2.43. The first kappa shape index (κ1) is 24.9. The Morgan fingerprint density at radius 2 is 1.97 bits per heavy atom. The topological polar surface area (TPSA) is 87.5 Å². The minimum absolute atomic E-state index is 0.214. The number of aliphatic hydroxyl groups excluding tert-OH is 2. The average molecular weight is 484 g/mol. The summed E-state index contributed by atoms with van der Waals surface area (Å²) in [5.74, 6) is 0.698. The molecule has 7 heteroatoms. The zero-order valence-electron chi connectivity index (χ0n) is 19.7. The van der Waals surface area contributed by atoms with Gasteiger partial charge in [-0.25, -0.2) is 0 Å². The fourth-order valence-electron chi connectivity index (χ4n) is 5.23. The Hall–Kier alpha value is -2.25. The largest absolute Gasteiger partial charge is 0.497 e. The van der Waals surface area contributed by atoms with E-state index in [-0.39, 0.29) is 5.41 Å². The molecule has 182 valence electrons. The van der Waals surface area contributed by atoms with Crippen LogP contribution in [0.2, 0.25) is 5.02 Å². The van der Waals surface area contributed by atoms with Crippen LogP contribution < -0.4 is 10.1 Å². The number of fused-ring (bicyclic) bond motifs is 1. The predicted molar refractivity (Wildman–Crippen MR) is 135 cm³/mol. The maximum absolute atomic E-state index is 11.3. The summed E-state index contributed by atoms with van der Waals surface area (Å²) in [5.41, 5.74) is 2.43. The number of hydrogen-bond acceptors (Lipinski definition) is 6. The van der Waals surface area contributed by atoms with Crippen LogP contribution in [0.3, 0.4) is 0 Å². The summed E-state index contributed by atoms with van der Waals surface area (Å²) >= 11 is 6.51. The van der Waals surface area contributed by atoms with Crippen molar-refractivity contribution < 1.29 is 14.9 Å². The lowest BCUT2D eigenvalue weighted by Gasteiger charge is -2.42. The summed E-state index contributed by atoms with van der Waals surface area (Å²) in [4.78, 5) is 8.58. The van der Waals surface area contributed by atoms with Crippen LogP contribution in [0, 0.1) is 5.41 Å². The van der Waals surface area contributed by atoms with Crippen molar-refractivity contribution in [3.8, 4) is 5.75 Å². The molecule has 0 spiro atoms. The Morgan fingerprint density at radius 3 is 2.71 bits per heavy atom. The minimum Gasteiger partial charge on any atom is -0.497 e. The van der Waals surface area contributed by atoms with Gasteiger partial charge in [0.05, 0.1) is 29.9 Å². The Balaban J connectivity index is 1.47. The van der Waals surface area contributed by atoms with Gasteiger partial charge in [-0.1, -0.05) is 17.7 Å². The van der Waals surface area contributed by atoms with Gasteiger partial charge >= 0.3 is 0 Å². The number of nitrogens with zero attached hydrogens (tertiary/aromatic N) is 2. The van der Waals surface area contributed by atoms with Crippen LogP contribution in [0.1, 0.15) is 55.8 Å². The van der Waals surface area contributed by atoms with E-state index >= 15 is 0 Å². The van der Waals surface area contributed by atoms with Gasteiger partial charge in [-0.3, -0.25) is 9.97 Å². The van der Waals surface area contributed by atoms with Crippen molar-refractivity contribution in [1.82, 2.24) is 15.3 Å². The third-order valence-electron chi connectivity index (χ3n) is 7.29. The highest BCUT2D eigenvalue weighted by Gasteiger charge is 2.39. The van der Waals surface area contributed by atoms with Gasteiger partial charge in [0, 0.05) is 29.5 Å². The first-order valence-electron chi connectivity index (χ1n) is 12.1. The zero-order chi connectivity index (χ0) is 24.0. The van der Waals surface area contributed by atoms with E-state index in [2.05, 4.69) is 21.4 Å². The number of hydrogen-bond donors (Lipinski definition) is 3. The molecule has 6 nitrogen and oxygen atoms in total. The number of piperidine rings is 1. The third-order valence-corrected chi connectivity index (χ3v) is 7.59. The van der Waals surface area contributed by atoms with E-state index in [9.17, 15) is 10.2 Å². The lowest BCUT2D eigenvalue weighted by atomic mass is 9.69. The Kier molecular flexibility index (Phi) is 8.37. The van der Waals surface area contributed by atoms with E-state index in [1.165, 1.54) is 5.56 Å². The van der Waals surface area contributed by atoms with Gasteiger partial charge in [-0.15, -0.1) is 0 Å². The minimum atomic E-state index is -0.751. The summed E-state index contributed by atoms with van der Waals surface area (Å²) in [5, 5.41) is 27.2. The predicted octanol–water partition coefficient (Wildman–Crippen LogP) is 4.86. The Morgan fingerprint density at radius 1 is 1.15 bits per heavy atom. The molecule has 0 radical (unpaired) electrons. The van der Waals surface area contributed by atoms with Crippen molar-refractivity contribution in [2.45, 2.75) is 57.2 Å². The molecule has 0 aliphatic carbocycles. The number of pyridine rings is 2. The van der Waals surface area contributed by atoms with E-state index in [0.717, 1.165) is 62.5 Å². The molecule has 34 heavy (non-hydrogen) atoms. The van der Waals surface area contributed by atoms with Gasteiger partial charge in [0.15, 0.2) is 0 Å². The van der Waals surface area contributed by atoms with Crippen molar-refractivity contribution in [2.75, 3.05) is 20.2 Å². The SMILES string of the molecule is COc1ccc2ncc(Cl)c([C@H](O)CCC3([C@@H](O)CCCc4cccnc4)CCNCC3)c2c1. The van der Waals surface area contributed by atoms with E-state index in [0.29, 0.717) is 22.8 Å². The molecule has 1 saturated heterocycles. The highest BCUT2D eigenvalue weighted by molar-refractivity contribution is 6.32. The van der Waals surface area contributed by atoms with E-state index in [1.54, 1.807) is 19.5 Å². The van der Waals surface area contributed by atoms with Gasteiger partial charge < -0.3 is 20.3 Å². The molecule has 1 fully saturated rings. The van der Waals surface area contributed by atoms with Crippen LogP contribution in [0.25, 0.3) is 10.9 Å². The molecule has 3 heterocycles. The summed E-state index contributed by atoms with van der Waals surface area (Å²) < 4.78 is 5.37. The number of halogens is 1. The van der Waals surface area contributed by atoms with Crippen LogP contribution >= 0.6 is 11.6 Å². The summed E-state index contributed by atoms with van der Waals surface area (Å²) in [6.45, 7) is 1.76. The van der Waals surface area contributed by atoms with Crippen molar-refractivity contribution in [2.24, 2.45) is 5.41 Å². The van der Waals surface area contributed by atoms with Gasteiger partial charge in [-0.2, -0.15) is 0 Å². The smallest absolute Gasteiger partial charge is 0.119 e. The van der Waals surface area contributed by atoms with Gasteiger partial charge in [0.25, 0.3) is 0 Å². The molecule has 1 aliphatic rings. The fourth-order valence-corrected chi connectivity index (χ4v) is 5.50. The summed E-state index contributed by atoms with van der Waals surface area (Å²) in [6.07, 6.45) is 9.70. The molecule has 0 amide bonds. The second kappa shape index (κ2) is 11.5. The summed E-state index contributed by atoms with van der Waals surface area (Å²) in [7, 11) is 1.62. The van der Waals surface area contributed by atoms with Crippen LogP contribution in [0.5, 0.6) is 5.75 Å². The maximum atomic E-state index is 11.3. The van der Waals surface area contributed by atoms with E-state index in [1.807, 2.05) is 30.5 Å².